The number of anilines is 2. The number of amides is 1. The largest absolute Gasteiger partial charge is 0.492 e. The second kappa shape index (κ2) is 7.88. The zero-order valence-electron chi connectivity index (χ0n) is 16.6. The van der Waals surface area contributed by atoms with Gasteiger partial charge < -0.3 is 25.2 Å². The molecule has 0 saturated heterocycles. The molecular weight excluding hydrogens is 454 g/mol. The quantitative estimate of drug-likeness (QED) is 0.333. The van der Waals surface area contributed by atoms with E-state index in [1.807, 2.05) is 19.0 Å². The molecule has 4 N–H and O–H groups in total. The number of halogens is 1. The molecule has 0 atom stereocenters. The fourth-order valence-corrected chi connectivity index (χ4v) is 3.60. The molecule has 30 heavy (non-hydrogen) atoms. The third-order valence-electron chi connectivity index (χ3n) is 4.63. The molecule has 0 radical (unpaired) electrons. The fourth-order valence-electron chi connectivity index (χ4n) is 2.96. The van der Waals surface area contributed by atoms with E-state index in [1.54, 1.807) is 24.2 Å². The first kappa shape index (κ1) is 20.0. The number of aromatic nitrogens is 6. The zero-order chi connectivity index (χ0) is 21.4. The van der Waals surface area contributed by atoms with Crippen LogP contribution in [0.1, 0.15) is 10.5 Å². The average Bonchev–Trinajstić information content (AvgIpc) is 3.30. The maximum Gasteiger partial charge on any atom is 0.271 e. The first-order chi connectivity index (χ1) is 14.3. The summed E-state index contributed by atoms with van der Waals surface area (Å²) in [5.74, 6) is 0.0416. The van der Waals surface area contributed by atoms with Gasteiger partial charge in [0, 0.05) is 25.5 Å². The standard InChI is InChI=1S/C18H20BrN9O2/c1-27(2)4-5-28(3)18(30)13-12(19)11-15(20-8-21-16(11)24-13)23-10-6-9-7-22-26-14(9)25-17(10)29/h6-8H,4-5H2,1-3H3,(H2,20,21,23,24)(H2,22,25,26,29). The van der Waals surface area contributed by atoms with Crippen molar-refractivity contribution in [3.63, 3.8) is 0 Å². The monoisotopic (exact) mass is 473 g/mol. The predicted molar refractivity (Wildman–Crippen MR) is 116 cm³/mol. The lowest BCUT2D eigenvalue weighted by atomic mass is 10.3. The highest BCUT2D eigenvalue weighted by Gasteiger charge is 2.23. The number of hydrogen-bond donors (Lipinski definition) is 4. The number of nitrogens with one attached hydrogen (secondary N) is 3. The molecule has 1 amide bonds. The molecule has 4 rings (SSSR count). The zero-order valence-corrected chi connectivity index (χ0v) is 18.1. The number of likely N-dealkylation sites (N-methyl/N-ethyl adjacent to an activating group) is 2. The summed E-state index contributed by atoms with van der Waals surface area (Å²) in [4.78, 5) is 32.2. The summed E-state index contributed by atoms with van der Waals surface area (Å²) in [6.45, 7) is 1.32. The van der Waals surface area contributed by atoms with Crippen molar-refractivity contribution in [2.45, 2.75) is 0 Å². The molecule has 0 fully saturated rings. The maximum atomic E-state index is 12.9. The van der Waals surface area contributed by atoms with Crippen molar-refractivity contribution < 1.29 is 9.90 Å². The van der Waals surface area contributed by atoms with Crippen LogP contribution in [0.3, 0.4) is 0 Å². The Bertz CT molecular complexity index is 1230. The van der Waals surface area contributed by atoms with Crippen LogP contribution in [0, 0.1) is 0 Å². The van der Waals surface area contributed by atoms with Gasteiger partial charge in [0.05, 0.1) is 16.1 Å². The molecule has 0 saturated carbocycles. The minimum absolute atomic E-state index is 0.169. The highest BCUT2D eigenvalue weighted by Crippen LogP contribution is 2.35. The summed E-state index contributed by atoms with van der Waals surface area (Å²) in [5, 5.41) is 21.3. The number of carbonyl (C=O) groups is 1. The Labute approximate surface area is 179 Å². The number of carbonyl (C=O) groups excluding carboxylic acids is 1. The SMILES string of the molecule is CN(C)CCN(C)C(=O)c1[nH]c2ncnc(Nc3cc4cn[nH]c4nc3O)c2c1Br. The van der Waals surface area contributed by atoms with Crippen LogP contribution in [-0.2, 0) is 0 Å². The van der Waals surface area contributed by atoms with Crippen LogP contribution in [-0.4, -0.2) is 85.2 Å². The van der Waals surface area contributed by atoms with Crippen molar-refractivity contribution in [1.29, 1.82) is 0 Å². The first-order valence-electron chi connectivity index (χ1n) is 9.07. The van der Waals surface area contributed by atoms with E-state index in [0.717, 1.165) is 11.9 Å². The lowest BCUT2D eigenvalue weighted by molar-refractivity contribution is 0.0780. The van der Waals surface area contributed by atoms with Gasteiger partial charge in [-0.15, -0.1) is 0 Å². The van der Waals surface area contributed by atoms with E-state index in [2.05, 4.69) is 51.4 Å². The molecule has 0 spiro atoms. The number of aromatic hydroxyl groups is 1. The predicted octanol–water partition coefficient (Wildman–Crippen LogP) is 2.07. The van der Waals surface area contributed by atoms with Crippen molar-refractivity contribution >= 4 is 55.4 Å². The molecule has 0 unspecified atom stereocenters. The van der Waals surface area contributed by atoms with Crippen LogP contribution in [0.15, 0.2) is 23.1 Å². The van der Waals surface area contributed by atoms with Gasteiger partial charge in [-0.2, -0.15) is 10.1 Å². The summed E-state index contributed by atoms with van der Waals surface area (Å²) in [5.41, 5.74) is 1.69. The fraction of sp³-hybridized carbons (Fsp3) is 0.278. The average molecular weight is 474 g/mol. The smallest absolute Gasteiger partial charge is 0.271 e. The molecule has 0 aliphatic rings. The van der Waals surface area contributed by atoms with Crippen molar-refractivity contribution in [1.82, 2.24) is 39.9 Å². The Balaban J connectivity index is 1.70. The van der Waals surface area contributed by atoms with Crippen molar-refractivity contribution in [2.75, 3.05) is 39.5 Å². The summed E-state index contributed by atoms with van der Waals surface area (Å²) >= 11 is 3.51. The van der Waals surface area contributed by atoms with E-state index in [-0.39, 0.29) is 11.8 Å². The van der Waals surface area contributed by atoms with E-state index in [9.17, 15) is 9.90 Å². The molecule has 156 valence electrons. The Morgan fingerprint density at radius 1 is 1.23 bits per heavy atom. The summed E-state index contributed by atoms with van der Waals surface area (Å²) in [6, 6.07) is 1.71. The van der Waals surface area contributed by atoms with Crippen LogP contribution in [0.4, 0.5) is 11.5 Å². The van der Waals surface area contributed by atoms with Crippen LogP contribution in [0.5, 0.6) is 5.88 Å². The molecule has 0 aliphatic heterocycles. The highest BCUT2D eigenvalue weighted by atomic mass is 79.9. The van der Waals surface area contributed by atoms with E-state index < -0.39 is 0 Å². The van der Waals surface area contributed by atoms with Crippen molar-refractivity contribution in [3.8, 4) is 5.88 Å². The molecule has 11 nitrogen and oxygen atoms in total. The van der Waals surface area contributed by atoms with E-state index >= 15 is 0 Å². The third-order valence-corrected chi connectivity index (χ3v) is 5.42. The molecule has 4 aromatic rings. The molecule has 0 aliphatic carbocycles. The number of fused-ring (bicyclic) bond motifs is 2. The van der Waals surface area contributed by atoms with Crippen LogP contribution >= 0.6 is 15.9 Å². The Morgan fingerprint density at radius 3 is 2.80 bits per heavy atom. The Hall–Kier alpha value is -3.25. The van der Waals surface area contributed by atoms with Gasteiger partial charge in [0.25, 0.3) is 5.91 Å². The van der Waals surface area contributed by atoms with Crippen molar-refractivity contribution in [2.24, 2.45) is 0 Å². The highest BCUT2D eigenvalue weighted by molar-refractivity contribution is 9.10. The molecule has 4 aromatic heterocycles. The molecule has 12 heteroatoms. The summed E-state index contributed by atoms with van der Waals surface area (Å²) < 4.78 is 0.541. The molecular formula is C18H20BrN9O2. The van der Waals surface area contributed by atoms with Crippen LogP contribution < -0.4 is 5.32 Å². The normalized spacial score (nSPS) is 11.5. The molecule has 4 heterocycles. The van der Waals surface area contributed by atoms with Gasteiger partial charge in [-0.25, -0.2) is 9.97 Å². The van der Waals surface area contributed by atoms with E-state index in [4.69, 9.17) is 0 Å². The summed E-state index contributed by atoms with van der Waals surface area (Å²) in [7, 11) is 5.66. The molecule has 0 aromatic carbocycles. The van der Waals surface area contributed by atoms with Gasteiger partial charge in [0.1, 0.15) is 29.2 Å². The first-order valence-corrected chi connectivity index (χ1v) is 9.87. The van der Waals surface area contributed by atoms with E-state index in [1.165, 1.54) is 6.33 Å². The topological polar surface area (TPSA) is 139 Å². The number of nitrogens with zero attached hydrogens (tertiary/aromatic N) is 6. The number of aromatic amines is 2. The minimum Gasteiger partial charge on any atom is -0.492 e. The van der Waals surface area contributed by atoms with Gasteiger partial charge in [0.15, 0.2) is 5.65 Å². The maximum absolute atomic E-state index is 12.9. The number of pyridine rings is 1. The number of H-pyrrole nitrogens is 2. The molecule has 0 bridgehead atoms. The summed E-state index contributed by atoms with van der Waals surface area (Å²) in [6.07, 6.45) is 2.98. The second-order valence-electron chi connectivity index (χ2n) is 7.08. The lowest BCUT2D eigenvalue weighted by Gasteiger charge is -2.19. The van der Waals surface area contributed by atoms with Crippen LogP contribution in [0.25, 0.3) is 22.1 Å². The van der Waals surface area contributed by atoms with Gasteiger partial charge in [-0.3, -0.25) is 9.89 Å². The third kappa shape index (κ3) is 3.66. The van der Waals surface area contributed by atoms with E-state index in [0.29, 0.717) is 44.9 Å². The van der Waals surface area contributed by atoms with Gasteiger partial charge in [-0.1, -0.05) is 0 Å². The van der Waals surface area contributed by atoms with Gasteiger partial charge >= 0.3 is 0 Å². The van der Waals surface area contributed by atoms with Gasteiger partial charge in [0.2, 0.25) is 5.88 Å². The Kier molecular flexibility index (Phi) is 5.26. The Morgan fingerprint density at radius 2 is 2.03 bits per heavy atom. The van der Waals surface area contributed by atoms with Crippen LogP contribution in [0.2, 0.25) is 0 Å². The van der Waals surface area contributed by atoms with Crippen molar-refractivity contribution in [3.05, 3.63) is 28.8 Å². The minimum atomic E-state index is -0.204. The number of hydrogen-bond acceptors (Lipinski definition) is 8. The van der Waals surface area contributed by atoms with Gasteiger partial charge in [-0.05, 0) is 36.1 Å². The number of rotatable bonds is 6. The second-order valence-corrected chi connectivity index (χ2v) is 7.88. The lowest BCUT2D eigenvalue weighted by Crippen LogP contribution is -2.33.